The number of carbonyl (C=O) groups excluding carboxylic acids is 1. The Kier molecular flexibility index (Phi) is 5.76. The topological polar surface area (TPSA) is 73.6 Å². The van der Waals surface area contributed by atoms with Crippen LogP contribution in [0.4, 0.5) is 17.1 Å². The molecule has 0 radical (unpaired) electrons. The quantitative estimate of drug-likeness (QED) is 0.672. The molecule has 3 heterocycles. The van der Waals surface area contributed by atoms with Gasteiger partial charge in [0.25, 0.3) is 5.91 Å². The molecule has 1 aliphatic rings. The van der Waals surface area contributed by atoms with E-state index >= 15 is 0 Å². The van der Waals surface area contributed by atoms with Crippen molar-refractivity contribution in [1.82, 2.24) is 9.88 Å². The van der Waals surface area contributed by atoms with Gasteiger partial charge in [0.1, 0.15) is 5.76 Å². The molecule has 7 heteroatoms. The fourth-order valence-corrected chi connectivity index (χ4v) is 3.29. The second-order valence-electron chi connectivity index (χ2n) is 7.19. The van der Waals surface area contributed by atoms with E-state index < -0.39 is 0 Å². The summed E-state index contributed by atoms with van der Waals surface area (Å²) in [4.78, 5) is 21.5. The number of aromatic nitrogens is 1. The first-order chi connectivity index (χ1) is 14.2. The van der Waals surface area contributed by atoms with E-state index in [4.69, 9.17) is 4.42 Å². The molecular weight excluding hydrogens is 366 g/mol. The van der Waals surface area contributed by atoms with Crippen molar-refractivity contribution in [3.63, 3.8) is 0 Å². The van der Waals surface area contributed by atoms with Crippen LogP contribution in [-0.2, 0) is 6.54 Å². The fraction of sp³-hybridized carbons (Fsp3) is 0.273. The maximum absolute atomic E-state index is 12.6. The second-order valence-corrected chi connectivity index (χ2v) is 7.19. The van der Waals surface area contributed by atoms with Crippen molar-refractivity contribution in [2.24, 2.45) is 0 Å². The van der Waals surface area contributed by atoms with Crippen molar-refractivity contribution in [2.75, 3.05) is 48.8 Å². The van der Waals surface area contributed by atoms with Gasteiger partial charge in [0.2, 0.25) is 0 Å². The number of anilines is 3. The second kappa shape index (κ2) is 8.79. The zero-order valence-corrected chi connectivity index (χ0v) is 16.5. The summed E-state index contributed by atoms with van der Waals surface area (Å²) in [5, 5.41) is 6.15. The van der Waals surface area contributed by atoms with Crippen molar-refractivity contribution in [3.05, 3.63) is 72.4 Å². The SMILES string of the molecule is CN1CCN(c2ccc(NC(=O)c3cncc(NCc4ccco4)c3)cc2)CC1. The van der Waals surface area contributed by atoms with Crippen LogP contribution in [0.1, 0.15) is 16.1 Å². The van der Waals surface area contributed by atoms with Gasteiger partial charge in [-0.25, -0.2) is 0 Å². The van der Waals surface area contributed by atoms with Gasteiger partial charge in [-0.15, -0.1) is 0 Å². The predicted octanol–water partition coefficient (Wildman–Crippen LogP) is 3.29. The molecule has 7 nitrogen and oxygen atoms in total. The number of likely N-dealkylation sites (N-methyl/N-ethyl adjacent to an activating group) is 1. The van der Waals surface area contributed by atoms with Crippen LogP contribution in [0.5, 0.6) is 0 Å². The van der Waals surface area contributed by atoms with Gasteiger partial charge in [-0.1, -0.05) is 0 Å². The van der Waals surface area contributed by atoms with Gasteiger partial charge in [0.15, 0.2) is 0 Å². The molecule has 4 rings (SSSR count). The Bertz CT molecular complexity index is 932. The van der Waals surface area contributed by atoms with Crippen molar-refractivity contribution >= 4 is 23.0 Å². The van der Waals surface area contributed by atoms with E-state index in [-0.39, 0.29) is 5.91 Å². The van der Waals surface area contributed by atoms with Crippen LogP contribution in [0, 0.1) is 0 Å². The monoisotopic (exact) mass is 391 g/mol. The average molecular weight is 391 g/mol. The van der Waals surface area contributed by atoms with Gasteiger partial charge >= 0.3 is 0 Å². The number of nitrogens with one attached hydrogen (secondary N) is 2. The maximum atomic E-state index is 12.6. The zero-order valence-electron chi connectivity index (χ0n) is 16.5. The normalized spacial score (nSPS) is 14.6. The Morgan fingerprint density at radius 2 is 1.86 bits per heavy atom. The largest absolute Gasteiger partial charge is 0.467 e. The molecule has 0 bridgehead atoms. The average Bonchev–Trinajstić information content (AvgIpc) is 3.27. The molecule has 29 heavy (non-hydrogen) atoms. The van der Waals surface area contributed by atoms with E-state index in [0.29, 0.717) is 12.1 Å². The molecular formula is C22H25N5O2. The van der Waals surface area contributed by atoms with E-state index in [9.17, 15) is 4.79 Å². The van der Waals surface area contributed by atoms with Gasteiger partial charge in [0, 0.05) is 49.9 Å². The van der Waals surface area contributed by atoms with Gasteiger partial charge in [-0.2, -0.15) is 0 Å². The Morgan fingerprint density at radius 1 is 1.07 bits per heavy atom. The molecule has 1 saturated heterocycles. The third-order valence-electron chi connectivity index (χ3n) is 5.04. The van der Waals surface area contributed by atoms with Crippen molar-refractivity contribution in [2.45, 2.75) is 6.54 Å². The van der Waals surface area contributed by atoms with Crippen LogP contribution in [0.2, 0.25) is 0 Å². The number of furan rings is 1. The molecule has 0 unspecified atom stereocenters. The number of nitrogens with zero attached hydrogens (tertiary/aromatic N) is 3. The number of pyridine rings is 1. The highest BCUT2D eigenvalue weighted by atomic mass is 16.3. The number of piperazine rings is 1. The van der Waals surface area contributed by atoms with Gasteiger partial charge in [-0.3, -0.25) is 9.78 Å². The molecule has 0 saturated carbocycles. The molecule has 1 aliphatic heterocycles. The molecule has 1 amide bonds. The highest BCUT2D eigenvalue weighted by Crippen LogP contribution is 2.20. The van der Waals surface area contributed by atoms with E-state index in [2.05, 4.69) is 44.6 Å². The van der Waals surface area contributed by atoms with Crippen LogP contribution in [0.3, 0.4) is 0 Å². The minimum absolute atomic E-state index is 0.188. The first-order valence-corrected chi connectivity index (χ1v) is 9.73. The van der Waals surface area contributed by atoms with Crippen LogP contribution in [0.15, 0.2) is 65.5 Å². The number of hydrogen-bond donors (Lipinski definition) is 2. The lowest BCUT2D eigenvalue weighted by Gasteiger charge is -2.34. The molecule has 1 fully saturated rings. The fourth-order valence-electron chi connectivity index (χ4n) is 3.29. The third kappa shape index (κ3) is 4.94. The summed E-state index contributed by atoms with van der Waals surface area (Å²) in [6.45, 7) is 4.70. The van der Waals surface area contributed by atoms with Crippen LogP contribution >= 0.6 is 0 Å². The first kappa shape index (κ1) is 19.0. The van der Waals surface area contributed by atoms with E-state index in [1.54, 1.807) is 24.7 Å². The van der Waals surface area contributed by atoms with Gasteiger partial charge in [-0.05, 0) is 49.5 Å². The summed E-state index contributed by atoms with van der Waals surface area (Å²) < 4.78 is 5.30. The lowest BCUT2D eigenvalue weighted by Crippen LogP contribution is -2.44. The van der Waals surface area contributed by atoms with Crippen LogP contribution < -0.4 is 15.5 Å². The maximum Gasteiger partial charge on any atom is 0.257 e. The number of hydrogen-bond acceptors (Lipinski definition) is 6. The Hall–Kier alpha value is -3.32. The number of rotatable bonds is 6. The summed E-state index contributed by atoms with van der Waals surface area (Å²) in [7, 11) is 2.15. The number of benzene rings is 1. The highest BCUT2D eigenvalue weighted by Gasteiger charge is 2.14. The molecule has 3 aromatic rings. The summed E-state index contributed by atoms with van der Waals surface area (Å²) in [5.74, 6) is 0.631. The summed E-state index contributed by atoms with van der Waals surface area (Å²) in [6.07, 6.45) is 4.88. The zero-order chi connectivity index (χ0) is 20.1. The minimum atomic E-state index is -0.188. The number of carbonyl (C=O) groups is 1. The Balaban J connectivity index is 1.35. The van der Waals surface area contributed by atoms with Gasteiger partial charge < -0.3 is 24.9 Å². The standard InChI is InChI=1S/C22H25N5O2/c1-26-8-10-27(11-9-26)20-6-4-18(5-7-20)25-22(28)17-13-19(15-23-14-17)24-16-21-3-2-12-29-21/h2-7,12-15,24H,8-11,16H2,1H3,(H,25,28). The molecule has 0 aliphatic carbocycles. The Morgan fingerprint density at radius 3 is 2.59 bits per heavy atom. The van der Waals surface area contributed by atoms with Crippen LogP contribution in [-0.4, -0.2) is 49.0 Å². The molecule has 1 aromatic carbocycles. The van der Waals surface area contributed by atoms with E-state index in [1.807, 2.05) is 24.3 Å². The smallest absolute Gasteiger partial charge is 0.257 e. The summed E-state index contributed by atoms with van der Waals surface area (Å²) in [6, 6.07) is 13.5. The van der Waals surface area contributed by atoms with Crippen LogP contribution in [0.25, 0.3) is 0 Å². The number of amides is 1. The Labute approximate surface area is 170 Å². The molecule has 0 spiro atoms. The van der Waals surface area contributed by atoms with Gasteiger partial charge in [0.05, 0.1) is 24.1 Å². The van der Waals surface area contributed by atoms with Crippen molar-refractivity contribution < 1.29 is 9.21 Å². The molecule has 2 aromatic heterocycles. The van der Waals surface area contributed by atoms with Crippen molar-refractivity contribution in [3.8, 4) is 0 Å². The minimum Gasteiger partial charge on any atom is -0.467 e. The summed E-state index contributed by atoms with van der Waals surface area (Å²) >= 11 is 0. The highest BCUT2D eigenvalue weighted by molar-refractivity contribution is 6.04. The predicted molar refractivity (Wildman–Crippen MR) is 114 cm³/mol. The molecule has 0 atom stereocenters. The molecule has 150 valence electrons. The van der Waals surface area contributed by atoms with E-state index in [0.717, 1.165) is 43.3 Å². The first-order valence-electron chi connectivity index (χ1n) is 9.73. The summed E-state index contributed by atoms with van der Waals surface area (Å²) in [5.41, 5.74) is 3.21. The lowest BCUT2D eigenvalue weighted by molar-refractivity contribution is 0.102. The molecule has 2 N–H and O–H groups in total. The lowest BCUT2D eigenvalue weighted by atomic mass is 10.2. The van der Waals surface area contributed by atoms with E-state index in [1.165, 1.54) is 5.69 Å². The third-order valence-corrected chi connectivity index (χ3v) is 5.04. The van der Waals surface area contributed by atoms with Crippen molar-refractivity contribution in [1.29, 1.82) is 0 Å².